The van der Waals surface area contributed by atoms with E-state index < -0.39 is 5.41 Å². The van der Waals surface area contributed by atoms with Gasteiger partial charge in [-0.3, -0.25) is 0 Å². The fourth-order valence-electron chi connectivity index (χ4n) is 11.4. The third-order valence-electron chi connectivity index (χ3n) is 14.5. The van der Waals surface area contributed by atoms with Crippen molar-refractivity contribution in [2.24, 2.45) is 0 Å². The highest BCUT2D eigenvalue weighted by Crippen LogP contribution is 2.64. The van der Waals surface area contributed by atoms with Crippen molar-refractivity contribution in [1.82, 2.24) is 19.9 Å². The summed E-state index contributed by atoms with van der Waals surface area (Å²) >= 11 is 0. The molecule has 0 aliphatic heterocycles. The van der Waals surface area contributed by atoms with Gasteiger partial charge >= 0.3 is 0 Å². The number of hydrogen-bond acceptors (Lipinski definition) is 4. The molecule has 4 nitrogen and oxygen atoms in total. The number of benzene rings is 10. The van der Waals surface area contributed by atoms with E-state index in [1.54, 1.807) is 0 Å². The van der Waals surface area contributed by atoms with Crippen LogP contribution in [0.2, 0.25) is 0 Å². The van der Waals surface area contributed by atoms with Crippen LogP contribution in [0.4, 0.5) is 0 Å². The quantitative estimate of drug-likeness (QED) is 0.160. The summed E-state index contributed by atoms with van der Waals surface area (Å²) in [5, 5.41) is 2.10. The van der Waals surface area contributed by atoms with Gasteiger partial charge in [0.2, 0.25) is 0 Å². The van der Waals surface area contributed by atoms with Crippen molar-refractivity contribution in [1.29, 1.82) is 0 Å². The molecule has 0 amide bonds. The molecule has 0 bridgehead atoms. The minimum absolute atomic E-state index is 0.507. The molecule has 0 saturated carbocycles. The van der Waals surface area contributed by atoms with Crippen molar-refractivity contribution >= 4 is 10.8 Å². The van der Waals surface area contributed by atoms with Crippen LogP contribution in [-0.2, 0) is 5.41 Å². The molecule has 14 rings (SSSR count). The normalized spacial score (nSPS) is 12.6. The number of aromatic nitrogens is 4. The van der Waals surface area contributed by atoms with Gasteiger partial charge in [-0.25, -0.2) is 19.9 Å². The lowest BCUT2D eigenvalue weighted by atomic mass is 9.69. The summed E-state index contributed by atoms with van der Waals surface area (Å²) in [5.74, 6) is 1.63. The summed E-state index contributed by atoms with van der Waals surface area (Å²) in [6.07, 6.45) is 0. The van der Waals surface area contributed by atoms with Crippen LogP contribution in [0.5, 0.6) is 0 Å². The van der Waals surface area contributed by atoms with E-state index in [9.17, 15) is 0 Å². The zero-order valence-electron chi connectivity index (χ0n) is 38.5. The first-order valence-corrected chi connectivity index (χ1v) is 24.2. The van der Waals surface area contributed by atoms with Gasteiger partial charge in [-0.2, -0.15) is 0 Å². The first kappa shape index (κ1) is 40.7. The van der Waals surface area contributed by atoms with Crippen molar-refractivity contribution in [3.8, 4) is 101 Å². The molecular formula is C67H42N4. The maximum Gasteiger partial charge on any atom is 0.183 e. The second-order valence-corrected chi connectivity index (χ2v) is 18.5. The fourth-order valence-corrected chi connectivity index (χ4v) is 11.4. The smallest absolute Gasteiger partial charge is 0.183 e. The minimum atomic E-state index is -0.572. The average molecular weight is 903 g/mol. The molecule has 2 heterocycles. The Bertz CT molecular complexity index is 3730. The van der Waals surface area contributed by atoms with Gasteiger partial charge in [-0.1, -0.05) is 218 Å². The van der Waals surface area contributed by atoms with Crippen LogP contribution in [-0.4, -0.2) is 19.9 Å². The molecule has 2 aliphatic carbocycles. The molecule has 2 aliphatic rings. The molecule has 10 aromatic carbocycles. The van der Waals surface area contributed by atoms with E-state index in [-0.39, 0.29) is 0 Å². The Morgan fingerprint density at radius 2 is 0.549 bits per heavy atom. The van der Waals surface area contributed by atoms with Gasteiger partial charge in [-0.05, 0) is 114 Å². The molecule has 12 aromatic rings. The maximum atomic E-state index is 5.84. The molecule has 0 unspecified atom stereocenters. The molecule has 2 aromatic heterocycles. The zero-order valence-corrected chi connectivity index (χ0v) is 38.5. The summed E-state index contributed by atoms with van der Waals surface area (Å²) in [7, 11) is 0. The predicted octanol–water partition coefficient (Wildman–Crippen LogP) is 16.4. The van der Waals surface area contributed by atoms with Crippen LogP contribution >= 0.6 is 0 Å². The number of hydrogen-bond donors (Lipinski definition) is 0. The van der Waals surface area contributed by atoms with Crippen LogP contribution in [0.3, 0.4) is 0 Å². The summed E-state index contributed by atoms with van der Waals surface area (Å²) in [6, 6.07) is 91.0. The lowest BCUT2D eigenvalue weighted by molar-refractivity contribution is 0.799. The lowest BCUT2D eigenvalue weighted by Crippen LogP contribution is -2.26. The van der Waals surface area contributed by atoms with Crippen LogP contribution in [0.15, 0.2) is 255 Å². The fraction of sp³-hybridized carbons (Fsp3) is 0.0149. The molecule has 4 heteroatoms. The Morgan fingerprint density at radius 1 is 0.225 bits per heavy atom. The van der Waals surface area contributed by atoms with E-state index in [0.29, 0.717) is 23.2 Å². The third-order valence-corrected chi connectivity index (χ3v) is 14.5. The number of pyridine rings is 1. The second kappa shape index (κ2) is 16.4. The number of rotatable bonds is 7. The van der Waals surface area contributed by atoms with Crippen molar-refractivity contribution in [2.75, 3.05) is 0 Å². The van der Waals surface area contributed by atoms with Gasteiger partial charge in [0.1, 0.15) is 5.69 Å². The van der Waals surface area contributed by atoms with Crippen molar-refractivity contribution in [3.05, 3.63) is 277 Å². The largest absolute Gasteiger partial charge is 0.243 e. The van der Waals surface area contributed by atoms with Crippen LogP contribution in [0.25, 0.3) is 112 Å². The van der Waals surface area contributed by atoms with Crippen LogP contribution < -0.4 is 0 Å². The molecule has 0 saturated heterocycles. The average Bonchev–Trinajstić information content (AvgIpc) is 3.93. The first-order chi connectivity index (χ1) is 35.2. The van der Waals surface area contributed by atoms with Crippen molar-refractivity contribution < 1.29 is 0 Å². The van der Waals surface area contributed by atoms with Gasteiger partial charge in [0.15, 0.2) is 17.5 Å². The highest BCUT2D eigenvalue weighted by Gasteiger charge is 2.53. The highest BCUT2D eigenvalue weighted by atomic mass is 15.0. The van der Waals surface area contributed by atoms with Gasteiger partial charge in [-0.15, -0.1) is 0 Å². The molecule has 0 fully saturated rings. The molecule has 0 radical (unpaired) electrons. The number of fused-ring (bicyclic) bond motifs is 12. The summed E-state index contributed by atoms with van der Waals surface area (Å²) in [6.45, 7) is 0. The molecule has 330 valence electrons. The maximum absolute atomic E-state index is 5.84. The zero-order chi connectivity index (χ0) is 46.9. The molecular weight excluding hydrogens is 861 g/mol. The first-order valence-electron chi connectivity index (χ1n) is 24.2. The number of nitrogens with zero attached hydrogens (tertiary/aromatic N) is 4. The van der Waals surface area contributed by atoms with E-state index in [4.69, 9.17) is 19.9 Å². The van der Waals surface area contributed by atoms with E-state index in [1.165, 1.54) is 33.4 Å². The van der Waals surface area contributed by atoms with E-state index in [0.717, 1.165) is 77.7 Å². The van der Waals surface area contributed by atoms with Gasteiger partial charge in [0, 0.05) is 27.6 Å². The third kappa shape index (κ3) is 6.53. The van der Waals surface area contributed by atoms with Crippen molar-refractivity contribution in [2.45, 2.75) is 5.41 Å². The Kier molecular flexibility index (Phi) is 9.39. The van der Waals surface area contributed by atoms with E-state index in [1.807, 2.05) is 0 Å². The van der Waals surface area contributed by atoms with Crippen molar-refractivity contribution in [3.63, 3.8) is 0 Å². The highest BCUT2D eigenvalue weighted by molar-refractivity contribution is 6.06. The Morgan fingerprint density at radius 3 is 0.986 bits per heavy atom. The summed E-state index contributed by atoms with van der Waals surface area (Å²) in [5.41, 5.74) is 20.2. The Hall–Kier alpha value is -9.38. The summed E-state index contributed by atoms with van der Waals surface area (Å²) in [4.78, 5) is 22.4. The molecule has 71 heavy (non-hydrogen) atoms. The van der Waals surface area contributed by atoms with E-state index >= 15 is 0 Å². The SMILES string of the molecule is c1ccc(-c2cc(-c3ccccc3)cc(-c3nc(-c4cc(-c5ccccc5)cc(-c5ccccc5)c4)nc(-c4nc5c(c6ccccc46)C4(c6ccccc6-c6ccccc64)c4ccccc4-5)n3)c2)cc1. The second-order valence-electron chi connectivity index (χ2n) is 18.5. The minimum Gasteiger partial charge on any atom is -0.243 e. The molecule has 0 N–H and O–H groups in total. The van der Waals surface area contributed by atoms with Gasteiger partial charge < -0.3 is 0 Å². The molecule has 1 spiro atoms. The van der Waals surface area contributed by atoms with Gasteiger partial charge in [0.25, 0.3) is 0 Å². The summed E-state index contributed by atoms with van der Waals surface area (Å²) < 4.78 is 0. The lowest BCUT2D eigenvalue weighted by Gasteiger charge is -2.31. The Balaban J connectivity index is 1.07. The molecule has 0 atom stereocenters. The van der Waals surface area contributed by atoms with Gasteiger partial charge in [0.05, 0.1) is 11.1 Å². The van der Waals surface area contributed by atoms with E-state index in [2.05, 4.69) is 255 Å². The Labute approximate surface area is 412 Å². The van der Waals surface area contributed by atoms with Crippen LogP contribution in [0.1, 0.15) is 22.3 Å². The van der Waals surface area contributed by atoms with Crippen LogP contribution in [0, 0.1) is 0 Å². The standard InChI is InChI=1S/C67H42N4/c1-5-21-43(22-6-1)47-37-48(44-23-7-2-8-24-44)40-51(39-47)64-69-65(52-41-49(45-25-9-3-10-26-45)38-50(42-52)46-27-11-4-12-28-46)71-66(70-64)63-56-32-14-13-31-55(56)61-62(68-63)57-33-17-20-36-60(57)67(61)58-34-18-15-29-53(58)54-30-16-19-35-59(54)67/h1-42H. The monoisotopic (exact) mass is 902 g/mol. The topological polar surface area (TPSA) is 51.6 Å². The predicted molar refractivity (Wildman–Crippen MR) is 289 cm³/mol.